The molecule has 28 heavy (non-hydrogen) atoms. The zero-order chi connectivity index (χ0) is 19.8. The second-order valence-corrected chi connectivity index (χ2v) is 5.67. The molecule has 0 heterocycles. The summed E-state index contributed by atoms with van der Waals surface area (Å²) in [7, 11) is 0. The minimum Gasteiger partial charge on any atom is -0.434 e. The lowest BCUT2D eigenvalue weighted by Gasteiger charge is -2.07. The average Bonchev–Trinajstić information content (AvgIpc) is 2.73. The fourth-order valence-electron chi connectivity index (χ4n) is 2.50. The lowest BCUT2D eigenvalue weighted by molar-refractivity contribution is -0.0499. The molecule has 0 aromatic heterocycles. The van der Waals surface area contributed by atoms with Crippen LogP contribution in [-0.2, 0) is 0 Å². The maximum Gasteiger partial charge on any atom is 0.387 e. The second kappa shape index (κ2) is 9.32. The molecule has 0 saturated heterocycles. The van der Waals surface area contributed by atoms with Gasteiger partial charge in [0.2, 0.25) is 5.78 Å². The van der Waals surface area contributed by atoms with Crippen molar-refractivity contribution in [2.24, 2.45) is 10.2 Å². The predicted molar refractivity (Wildman–Crippen MR) is 104 cm³/mol. The molecule has 0 N–H and O–H groups in total. The van der Waals surface area contributed by atoms with Gasteiger partial charge in [0.1, 0.15) is 11.5 Å². The van der Waals surface area contributed by atoms with Gasteiger partial charge in [-0.25, -0.2) is 0 Å². The fourth-order valence-corrected chi connectivity index (χ4v) is 2.50. The SMILES string of the molecule is O=C(C(=NN=Cc1ccccc1OC(F)F)c1ccccc1)c1ccccc1. The van der Waals surface area contributed by atoms with E-state index in [0.717, 1.165) is 0 Å². The second-order valence-electron chi connectivity index (χ2n) is 5.67. The van der Waals surface area contributed by atoms with Gasteiger partial charge in [-0.3, -0.25) is 4.79 Å². The Morgan fingerprint density at radius 1 is 0.821 bits per heavy atom. The highest BCUT2D eigenvalue weighted by atomic mass is 19.3. The fraction of sp³-hybridized carbons (Fsp3) is 0.0455. The Kier molecular flexibility index (Phi) is 6.36. The highest BCUT2D eigenvalue weighted by Crippen LogP contribution is 2.18. The van der Waals surface area contributed by atoms with Gasteiger partial charge in [0, 0.05) is 16.7 Å². The Bertz CT molecular complexity index is 988. The summed E-state index contributed by atoms with van der Waals surface area (Å²) in [5.74, 6) is -0.312. The largest absolute Gasteiger partial charge is 0.434 e. The number of Topliss-reactive ketones (excluding diaryl/α,β-unsaturated/α-hetero) is 1. The Morgan fingerprint density at radius 3 is 2.04 bits per heavy atom. The number of nitrogens with zero attached hydrogens (tertiary/aromatic N) is 2. The third-order valence-corrected chi connectivity index (χ3v) is 3.79. The molecule has 0 aliphatic heterocycles. The summed E-state index contributed by atoms with van der Waals surface area (Å²) < 4.78 is 29.5. The number of hydrogen-bond acceptors (Lipinski definition) is 4. The van der Waals surface area contributed by atoms with Crippen LogP contribution >= 0.6 is 0 Å². The lowest BCUT2D eigenvalue weighted by Crippen LogP contribution is -2.15. The first-order valence-electron chi connectivity index (χ1n) is 8.45. The van der Waals surface area contributed by atoms with E-state index < -0.39 is 6.61 Å². The number of hydrogen-bond donors (Lipinski definition) is 0. The van der Waals surface area contributed by atoms with Crippen LogP contribution in [0, 0.1) is 0 Å². The minimum absolute atomic E-state index is 0.0212. The van der Waals surface area contributed by atoms with Gasteiger partial charge in [0.15, 0.2) is 0 Å². The third-order valence-electron chi connectivity index (χ3n) is 3.79. The zero-order valence-corrected chi connectivity index (χ0v) is 14.7. The molecule has 0 fully saturated rings. The van der Waals surface area contributed by atoms with Gasteiger partial charge in [0.25, 0.3) is 0 Å². The van der Waals surface area contributed by atoms with Gasteiger partial charge in [-0.05, 0) is 12.1 Å². The van der Waals surface area contributed by atoms with Gasteiger partial charge in [-0.15, -0.1) is 5.10 Å². The van der Waals surface area contributed by atoms with Crippen LogP contribution < -0.4 is 4.74 Å². The van der Waals surface area contributed by atoms with Crippen LogP contribution in [0.25, 0.3) is 0 Å². The zero-order valence-electron chi connectivity index (χ0n) is 14.7. The van der Waals surface area contributed by atoms with E-state index in [-0.39, 0.29) is 17.2 Å². The summed E-state index contributed by atoms with van der Waals surface area (Å²) in [5, 5.41) is 8.03. The van der Waals surface area contributed by atoms with E-state index in [4.69, 9.17) is 0 Å². The molecule has 0 amide bonds. The van der Waals surface area contributed by atoms with E-state index in [0.29, 0.717) is 16.7 Å². The van der Waals surface area contributed by atoms with E-state index in [1.54, 1.807) is 66.7 Å². The first kappa shape index (κ1) is 19.1. The van der Waals surface area contributed by atoms with E-state index in [1.165, 1.54) is 12.3 Å². The number of para-hydroxylation sites is 1. The molecular weight excluding hydrogens is 362 g/mol. The molecule has 0 bridgehead atoms. The van der Waals surface area contributed by atoms with E-state index in [1.807, 2.05) is 12.1 Å². The summed E-state index contributed by atoms with van der Waals surface area (Å²) in [4.78, 5) is 12.9. The number of ketones is 1. The van der Waals surface area contributed by atoms with E-state index >= 15 is 0 Å². The molecule has 3 aromatic carbocycles. The standard InChI is InChI=1S/C22H16F2N2O2/c23-22(24)28-19-14-8-7-13-18(19)15-25-26-20(16-9-3-1-4-10-16)21(27)17-11-5-2-6-12-17/h1-15,22H. The van der Waals surface area contributed by atoms with Crippen molar-refractivity contribution in [2.75, 3.05) is 0 Å². The van der Waals surface area contributed by atoms with Crippen molar-refractivity contribution in [2.45, 2.75) is 6.61 Å². The molecule has 0 spiro atoms. The molecule has 6 heteroatoms. The van der Waals surface area contributed by atoms with Crippen molar-refractivity contribution in [3.8, 4) is 5.75 Å². The molecule has 4 nitrogen and oxygen atoms in total. The van der Waals surface area contributed by atoms with Gasteiger partial charge < -0.3 is 4.74 Å². The van der Waals surface area contributed by atoms with Crippen molar-refractivity contribution in [1.82, 2.24) is 0 Å². The summed E-state index contributed by atoms with van der Waals surface area (Å²) in [6.07, 6.45) is 1.28. The number of rotatable bonds is 7. The van der Waals surface area contributed by atoms with Crippen molar-refractivity contribution < 1.29 is 18.3 Å². The van der Waals surface area contributed by atoms with Crippen LogP contribution in [0.1, 0.15) is 21.5 Å². The van der Waals surface area contributed by atoms with Crippen molar-refractivity contribution >= 4 is 17.7 Å². The average molecular weight is 378 g/mol. The monoisotopic (exact) mass is 378 g/mol. The molecule has 0 aliphatic rings. The number of halogens is 2. The van der Waals surface area contributed by atoms with Gasteiger partial charge >= 0.3 is 6.61 Å². The molecule has 0 aliphatic carbocycles. The molecule has 0 saturated carbocycles. The van der Waals surface area contributed by atoms with Crippen LogP contribution in [0.15, 0.2) is 95.1 Å². The quantitative estimate of drug-likeness (QED) is 0.330. The van der Waals surface area contributed by atoms with Gasteiger partial charge in [-0.1, -0.05) is 72.8 Å². The van der Waals surface area contributed by atoms with Crippen molar-refractivity contribution in [3.05, 3.63) is 102 Å². The number of carbonyl (C=O) groups is 1. The first-order valence-corrected chi connectivity index (χ1v) is 8.45. The van der Waals surface area contributed by atoms with Crippen molar-refractivity contribution in [3.63, 3.8) is 0 Å². The number of benzene rings is 3. The summed E-state index contributed by atoms with van der Waals surface area (Å²) >= 11 is 0. The summed E-state index contributed by atoms with van der Waals surface area (Å²) in [6.45, 7) is -2.95. The van der Waals surface area contributed by atoms with Crippen LogP contribution in [0.4, 0.5) is 8.78 Å². The molecule has 3 rings (SSSR count). The predicted octanol–water partition coefficient (Wildman–Crippen LogP) is 4.99. The smallest absolute Gasteiger partial charge is 0.387 e. The molecule has 140 valence electrons. The normalized spacial score (nSPS) is 11.8. The van der Waals surface area contributed by atoms with Crippen LogP contribution in [0.3, 0.4) is 0 Å². The third kappa shape index (κ3) is 4.94. The number of carbonyl (C=O) groups excluding carboxylic acids is 1. The summed E-state index contributed by atoms with van der Waals surface area (Å²) in [6, 6.07) is 23.8. The Balaban J connectivity index is 1.95. The van der Waals surface area contributed by atoms with E-state index in [2.05, 4.69) is 14.9 Å². The highest BCUT2D eigenvalue weighted by Gasteiger charge is 2.16. The van der Waals surface area contributed by atoms with Crippen LogP contribution in [0.5, 0.6) is 5.75 Å². The van der Waals surface area contributed by atoms with Crippen molar-refractivity contribution in [1.29, 1.82) is 0 Å². The van der Waals surface area contributed by atoms with E-state index in [9.17, 15) is 13.6 Å². The summed E-state index contributed by atoms with van der Waals surface area (Å²) in [5.41, 5.74) is 1.55. The Labute approximate surface area is 160 Å². The molecule has 0 radical (unpaired) electrons. The number of ether oxygens (including phenoxy) is 1. The Morgan fingerprint density at radius 2 is 1.39 bits per heavy atom. The van der Waals surface area contributed by atoms with Gasteiger partial charge in [-0.2, -0.15) is 13.9 Å². The topological polar surface area (TPSA) is 51.0 Å². The molecule has 0 atom stereocenters. The van der Waals surface area contributed by atoms with Crippen LogP contribution in [0.2, 0.25) is 0 Å². The molecule has 3 aromatic rings. The maximum absolute atomic E-state index is 12.9. The van der Waals surface area contributed by atoms with Crippen LogP contribution in [-0.4, -0.2) is 24.3 Å². The molecule has 0 unspecified atom stereocenters. The lowest BCUT2D eigenvalue weighted by atomic mass is 10.0. The molecular formula is C22H16F2N2O2. The highest BCUT2D eigenvalue weighted by molar-refractivity contribution is 6.51. The number of alkyl halides is 2. The first-order chi connectivity index (χ1) is 13.6. The van der Waals surface area contributed by atoms with Gasteiger partial charge in [0.05, 0.1) is 6.21 Å². The maximum atomic E-state index is 12.9. The minimum atomic E-state index is -2.95. The Hall–Kier alpha value is -3.67.